The largest absolute Gasteiger partial charge is 0.416 e. The summed E-state index contributed by atoms with van der Waals surface area (Å²) in [6.45, 7) is 48.6. The van der Waals surface area contributed by atoms with Crippen molar-refractivity contribution in [2.24, 2.45) is 17.8 Å². The van der Waals surface area contributed by atoms with Crippen molar-refractivity contribution >= 4 is 39.2 Å². The zero-order valence-electron chi connectivity index (χ0n) is 40.1. The van der Waals surface area contributed by atoms with Crippen LogP contribution in [0.5, 0.6) is 0 Å². The molecule has 328 valence electrons. The van der Waals surface area contributed by atoms with Gasteiger partial charge >= 0.3 is 0 Å². The van der Waals surface area contributed by atoms with Gasteiger partial charge in [0.2, 0.25) is 5.91 Å². The van der Waals surface area contributed by atoms with Crippen LogP contribution < -0.4 is 0 Å². The number of nitrogens with zero attached hydrogens (tertiary/aromatic N) is 1. The van der Waals surface area contributed by atoms with Crippen molar-refractivity contribution in [1.82, 2.24) is 5.06 Å². The highest BCUT2D eigenvalue weighted by atomic mass is 28.4. The van der Waals surface area contributed by atoms with Gasteiger partial charge in [0.1, 0.15) is 5.60 Å². The Morgan fingerprint density at radius 3 is 1.47 bits per heavy atom. The summed E-state index contributed by atoms with van der Waals surface area (Å²) in [4.78, 5) is 19.2. The third-order valence-corrected chi connectivity index (χ3v) is 32.3. The SMILES string of the molecule is CON(C)C(=O)C[C@@H](O[Si](C)(C)C(C)(C)C)[C@@H](CO[Si](C)(C)C(C)(C)C)[C@@H](O)[C@H](CO[Si](C)(C)C(C)(C)C)[C@H](O[Si](C)(C)C(C)(C)C)[C@@]1(C)O[C@@H]1[C@@H](C)CO. The lowest BCUT2D eigenvalue weighted by atomic mass is 9.78. The molecular weight excluding hydrogens is 763 g/mol. The molecule has 1 saturated heterocycles. The fraction of sp³-hybridized carbons (Fsp3) is 0.976. The van der Waals surface area contributed by atoms with Crippen LogP contribution in [0.2, 0.25) is 72.5 Å². The summed E-state index contributed by atoms with van der Waals surface area (Å²) in [7, 11) is -6.64. The molecule has 55 heavy (non-hydrogen) atoms. The number of hydroxylamine groups is 2. The van der Waals surface area contributed by atoms with Crippen molar-refractivity contribution in [2.45, 2.75) is 206 Å². The number of aliphatic hydroxyl groups excluding tert-OH is 2. The Bertz CT molecular complexity index is 1240. The lowest BCUT2D eigenvalue weighted by Gasteiger charge is -2.48. The van der Waals surface area contributed by atoms with E-state index < -0.39 is 69.0 Å². The lowest BCUT2D eigenvalue weighted by Crippen LogP contribution is -2.59. The van der Waals surface area contributed by atoms with Crippen molar-refractivity contribution in [3.63, 3.8) is 0 Å². The highest BCUT2D eigenvalue weighted by Crippen LogP contribution is 2.52. The van der Waals surface area contributed by atoms with Crippen LogP contribution in [0.1, 0.15) is 103 Å². The predicted octanol–water partition coefficient (Wildman–Crippen LogP) is 9.60. The van der Waals surface area contributed by atoms with Crippen LogP contribution in [0.15, 0.2) is 0 Å². The first-order chi connectivity index (χ1) is 24.2. The van der Waals surface area contributed by atoms with Crippen molar-refractivity contribution in [3.8, 4) is 0 Å². The molecule has 8 atom stereocenters. The topological polar surface area (TPSA) is 119 Å². The standard InChI is InChI=1S/C41H89NO9Si4/c1-29(26-43)35-41(14,49-35)36(51-55(23,24)40(11,12)13)31(28-48-53(19,20)38(5,6)7)34(45)30(27-47-52(17,18)37(2,3)4)32(25-33(44)42(15)46-16)50-54(21,22)39(8,9)10/h29-32,34-36,43,45H,25-28H2,1-24H3/t29-,30+,31-,32+,34+,35+,36-,41-/m0/s1. The van der Waals surface area contributed by atoms with Gasteiger partial charge in [0.15, 0.2) is 33.3 Å². The van der Waals surface area contributed by atoms with E-state index in [2.05, 4.69) is 142 Å². The van der Waals surface area contributed by atoms with E-state index in [1.165, 1.54) is 12.2 Å². The van der Waals surface area contributed by atoms with E-state index in [9.17, 15) is 15.0 Å². The highest BCUT2D eigenvalue weighted by Gasteiger charge is 2.65. The Morgan fingerprint density at radius 2 is 1.11 bits per heavy atom. The normalized spacial score (nSPS) is 22.8. The van der Waals surface area contributed by atoms with Crippen molar-refractivity contribution in [1.29, 1.82) is 0 Å². The van der Waals surface area contributed by atoms with Crippen LogP contribution >= 0.6 is 0 Å². The van der Waals surface area contributed by atoms with E-state index >= 15 is 0 Å². The van der Waals surface area contributed by atoms with E-state index in [1.54, 1.807) is 7.05 Å². The van der Waals surface area contributed by atoms with Gasteiger partial charge in [-0.15, -0.1) is 0 Å². The van der Waals surface area contributed by atoms with Gasteiger partial charge in [0.05, 0.1) is 37.9 Å². The van der Waals surface area contributed by atoms with Crippen LogP contribution in [-0.4, -0.2) is 118 Å². The Morgan fingerprint density at radius 1 is 0.727 bits per heavy atom. The monoisotopic (exact) mass is 852 g/mol. The number of rotatable bonds is 20. The second-order valence-electron chi connectivity index (χ2n) is 22.8. The lowest BCUT2D eigenvalue weighted by molar-refractivity contribution is -0.172. The van der Waals surface area contributed by atoms with E-state index in [0.717, 1.165) is 0 Å². The van der Waals surface area contributed by atoms with Crippen LogP contribution in [0.25, 0.3) is 0 Å². The molecule has 0 aromatic carbocycles. The zero-order valence-corrected chi connectivity index (χ0v) is 44.1. The Hall–Kier alpha value is 0.0175. The van der Waals surface area contributed by atoms with Crippen molar-refractivity contribution in [3.05, 3.63) is 0 Å². The maximum atomic E-state index is 13.8. The summed E-state index contributed by atoms with van der Waals surface area (Å²) in [5, 5.41) is 24.4. The van der Waals surface area contributed by atoms with Gasteiger partial charge in [0, 0.05) is 44.6 Å². The minimum atomic E-state index is -2.52. The number of hydrogen-bond acceptors (Lipinski definition) is 9. The van der Waals surface area contributed by atoms with Gasteiger partial charge in [-0.3, -0.25) is 9.63 Å². The number of aliphatic hydroxyl groups is 2. The molecular formula is C41H89NO9Si4. The molecule has 0 bridgehead atoms. The average Bonchev–Trinajstić information content (AvgIpc) is 3.69. The molecule has 10 nitrogen and oxygen atoms in total. The number of ether oxygens (including phenoxy) is 1. The number of hydrogen-bond donors (Lipinski definition) is 2. The molecule has 0 aromatic heterocycles. The van der Waals surface area contributed by atoms with Crippen LogP contribution in [0, 0.1) is 17.8 Å². The Kier molecular flexibility index (Phi) is 17.7. The van der Waals surface area contributed by atoms with Crippen LogP contribution in [-0.2, 0) is 32.1 Å². The summed E-state index contributed by atoms with van der Waals surface area (Å²) < 4.78 is 35.4. The summed E-state index contributed by atoms with van der Waals surface area (Å²) >= 11 is 0. The van der Waals surface area contributed by atoms with Gasteiger partial charge in [-0.05, 0) is 79.5 Å². The molecule has 0 saturated carbocycles. The predicted molar refractivity (Wildman–Crippen MR) is 237 cm³/mol. The highest BCUT2D eigenvalue weighted by molar-refractivity contribution is 6.75. The first-order valence-corrected chi connectivity index (χ1v) is 32.3. The zero-order chi connectivity index (χ0) is 43.8. The minimum absolute atomic E-state index is 0.000940. The summed E-state index contributed by atoms with van der Waals surface area (Å²) in [5.41, 5.74) is -0.799. The molecule has 14 heteroatoms. The van der Waals surface area contributed by atoms with Gasteiger partial charge in [-0.25, -0.2) is 5.06 Å². The number of amides is 1. The molecule has 0 aliphatic carbocycles. The maximum Gasteiger partial charge on any atom is 0.248 e. The molecule has 1 aliphatic heterocycles. The van der Waals surface area contributed by atoms with E-state index in [0.29, 0.717) is 0 Å². The first-order valence-electron chi connectivity index (χ1n) is 20.7. The summed E-state index contributed by atoms with van der Waals surface area (Å²) in [5.74, 6) is -1.60. The first kappa shape index (κ1) is 53.0. The van der Waals surface area contributed by atoms with Gasteiger partial charge in [0.25, 0.3) is 0 Å². The maximum absolute atomic E-state index is 13.8. The average molecular weight is 853 g/mol. The second-order valence-corrected chi connectivity index (χ2v) is 42.0. The molecule has 1 aliphatic rings. The molecule has 0 spiro atoms. The van der Waals surface area contributed by atoms with Gasteiger partial charge in [-0.1, -0.05) is 90.0 Å². The molecule has 1 heterocycles. The Balaban J connectivity index is 4.27. The van der Waals surface area contributed by atoms with E-state index in [1.807, 2.05) is 6.92 Å². The molecule has 2 N–H and O–H groups in total. The van der Waals surface area contributed by atoms with Crippen LogP contribution in [0.3, 0.4) is 0 Å². The number of carbonyl (C=O) groups excluding carboxylic acids is 1. The van der Waals surface area contributed by atoms with Gasteiger partial charge < -0.3 is 32.7 Å². The van der Waals surface area contributed by atoms with Crippen LogP contribution in [0.4, 0.5) is 0 Å². The van der Waals surface area contributed by atoms with E-state index in [-0.39, 0.29) is 64.3 Å². The minimum Gasteiger partial charge on any atom is -0.416 e. The smallest absolute Gasteiger partial charge is 0.248 e. The molecule has 0 radical (unpaired) electrons. The summed E-state index contributed by atoms with van der Waals surface area (Å²) in [6, 6.07) is 0. The fourth-order valence-corrected chi connectivity index (χ4v) is 10.6. The number of epoxide rings is 1. The van der Waals surface area contributed by atoms with Crippen molar-refractivity contribution in [2.75, 3.05) is 34.0 Å². The second kappa shape index (κ2) is 18.3. The quantitative estimate of drug-likeness (QED) is 0.0702. The molecule has 1 fully saturated rings. The number of carbonyl (C=O) groups is 1. The van der Waals surface area contributed by atoms with E-state index in [4.69, 9.17) is 27.3 Å². The third-order valence-electron chi connectivity index (χ3n) is 14.4. The third kappa shape index (κ3) is 13.3. The molecule has 0 aromatic rings. The van der Waals surface area contributed by atoms with Gasteiger partial charge in [-0.2, -0.15) is 0 Å². The Labute approximate surface area is 342 Å². The fourth-order valence-electron chi connectivity index (χ4n) is 5.76. The molecule has 1 amide bonds. The summed E-state index contributed by atoms with van der Waals surface area (Å²) in [6.07, 6.45) is -2.64. The van der Waals surface area contributed by atoms with Crippen molar-refractivity contribution < 1.29 is 42.3 Å². The molecule has 1 rings (SSSR count). The molecule has 0 unspecified atom stereocenters.